The summed E-state index contributed by atoms with van der Waals surface area (Å²) in [6, 6.07) is 4.27. The predicted octanol–water partition coefficient (Wildman–Crippen LogP) is 2.15. The highest BCUT2D eigenvalue weighted by Gasteiger charge is 2.43. The highest BCUT2D eigenvalue weighted by atomic mass is 32.1. The Kier molecular flexibility index (Phi) is 4.83. The number of likely N-dealkylation sites (N-methyl/N-ethyl adjacent to an activating group) is 1. The van der Waals surface area contributed by atoms with E-state index >= 15 is 0 Å². The lowest BCUT2D eigenvalue weighted by Crippen LogP contribution is -2.44. The van der Waals surface area contributed by atoms with Crippen LogP contribution in [0.3, 0.4) is 0 Å². The van der Waals surface area contributed by atoms with Gasteiger partial charge in [-0.3, -0.25) is 10.1 Å². The molecule has 0 saturated carbocycles. The fourth-order valence-corrected chi connectivity index (χ4v) is 3.62. The number of amides is 1. The zero-order valence-corrected chi connectivity index (χ0v) is 13.8. The van der Waals surface area contributed by atoms with E-state index in [1.54, 1.807) is 11.3 Å². The van der Waals surface area contributed by atoms with E-state index in [1.807, 2.05) is 25.1 Å². The van der Waals surface area contributed by atoms with Crippen molar-refractivity contribution >= 4 is 17.2 Å². The Labute approximate surface area is 125 Å². The molecule has 1 saturated heterocycles. The third-order valence-electron chi connectivity index (χ3n) is 3.72. The second-order valence-electron chi connectivity index (χ2n) is 6.16. The summed E-state index contributed by atoms with van der Waals surface area (Å²) in [6.07, 6.45) is 0.0184. The quantitative estimate of drug-likeness (QED) is 0.904. The van der Waals surface area contributed by atoms with Crippen LogP contribution in [0.1, 0.15) is 31.8 Å². The molecule has 20 heavy (non-hydrogen) atoms. The Morgan fingerprint density at radius 3 is 2.60 bits per heavy atom. The molecule has 112 valence electrons. The van der Waals surface area contributed by atoms with Gasteiger partial charge in [0, 0.05) is 17.5 Å². The van der Waals surface area contributed by atoms with Crippen LogP contribution in [-0.2, 0) is 4.79 Å². The van der Waals surface area contributed by atoms with Crippen LogP contribution >= 0.6 is 11.3 Å². The van der Waals surface area contributed by atoms with Crippen molar-refractivity contribution in [3.8, 4) is 0 Å². The van der Waals surface area contributed by atoms with Crippen molar-refractivity contribution in [1.82, 2.24) is 15.1 Å². The molecular formula is C15H25N3OS. The van der Waals surface area contributed by atoms with Crippen LogP contribution in [0.5, 0.6) is 0 Å². The van der Waals surface area contributed by atoms with Crippen LogP contribution in [-0.4, -0.2) is 48.4 Å². The first-order valence-electron chi connectivity index (χ1n) is 7.18. The molecule has 1 fully saturated rings. The normalized spacial score (nSPS) is 24.9. The molecule has 3 unspecified atom stereocenters. The van der Waals surface area contributed by atoms with E-state index in [9.17, 15) is 4.79 Å². The highest BCUT2D eigenvalue weighted by Crippen LogP contribution is 2.32. The Hall–Kier alpha value is -0.910. The lowest BCUT2D eigenvalue weighted by atomic mass is 10.0. The summed E-state index contributed by atoms with van der Waals surface area (Å²) >= 11 is 1.71. The van der Waals surface area contributed by atoms with Crippen molar-refractivity contribution in [1.29, 1.82) is 0 Å². The molecule has 2 rings (SSSR count). The Morgan fingerprint density at radius 1 is 1.40 bits per heavy atom. The summed E-state index contributed by atoms with van der Waals surface area (Å²) in [7, 11) is 4.09. The highest BCUT2D eigenvalue weighted by molar-refractivity contribution is 7.10. The number of nitrogens with zero attached hydrogens (tertiary/aromatic N) is 2. The average molecular weight is 295 g/mol. The third-order valence-corrected chi connectivity index (χ3v) is 4.64. The molecule has 1 aliphatic rings. The van der Waals surface area contributed by atoms with Gasteiger partial charge in [0.05, 0.1) is 6.04 Å². The second-order valence-corrected chi connectivity index (χ2v) is 7.14. The monoisotopic (exact) mass is 295 g/mol. The smallest absolute Gasteiger partial charge is 0.241 e. The molecule has 0 radical (unpaired) electrons. The van der Waals surface area contributed by atoms with Crippen molar-refractivity contribution in [2.45, 2.75) is 39.0 Å². The van der Waals surface area contributed by atoms with Gasteiger partial charge in [-0.15, -0.1) is 11.3 Å². The molecule has 1 aromatic rings. The summed E-state index contributed by atoms with van der Waals surface area (Å²) in [6.45, 7) is 7.20. The molecule has 0 aliphatic carbocycles. The maximum absolute atomic E-state index is 12.7. The number of rotatable bonds is 5. The van der Waals surface area contributed by atoms with Crippen molar-refractivity contribution in [3.05, 3.63) is 22.4 Å². The fourth-order valence-electron chi connectivity index (χ4n) is 2.84. The molecule has 1 N–H and O–H groups in total. The Balaban J connectivity index is 2.25. The van der Waals surface area contributed by atoms with Gasteiger partial charge in [0.15, 0.2) is 0 Å². The molecule has 1 aromatic heterocycles. The van der Waals surface area contributed by atoms with Crippen LogP contribution in [0.15, 0.2) is 17.5 Å². The van der Waals surface area contributed by atoms with Gasteiger partial charge >= 0.3 is 0 Å². The van der Waals surface area contributed by atoms with Crippen LogP contribution in [0.4, 0.5) is 0 Å². The zero-order chi connectivity index (χ0) is 14.9. The summed E-state index contributed by atoms with van der Waals surface area (Å²) in [4.78, 5) is 18.1. The Morgan fingerprint density at radius 2 is 2.10 bits per heavy atom. The lowest BCUT2D eigenvalue weighted by molar-refractivity contribution is -0.133. The largest absolute Gasteiger partial charge is 0.317 e. The summed E-state index contributed by atoms with van der Waals surface area (Å²) in [5, 5.41) is 5.58. The van der Waals surface area contributed by atoms with Gasteiger partial charge in [-0.2, -0.15) is 0 Å². The van der Waals surface area contributed by atoms with E-state index < -0.39 is 0 Å². The molecule has 1 aliphatic heterocycles. The van der Waals surface area contributed by atoms with E-state index in [4.69, 9.17) is 0 Å². The maximum Gasteiger partial charge on any atom is 0.241 e. The number of nitrogens with one attached hydrogen (secondary N) is 1. The average Bonchev–Trinajstić information content (AvgIpc) is 2.94. The van der Waals surface area contributed by atoms with Crippen molar-refractivity contribution in [2.24, 2.45) is 5.92 Å². The van der Waals surface area contributed by atoms with Crippen molar-refractivity contribution < 1.29 is 4.79 Å². The minimum Gasteiger partial charge on any atom is -0.317 e. The first kappa shape index (κ1) is 15.5. The van der Waals surface area contributed by atoms with Crippen LogP contribution in [0.25, 0.3) is 0 Å². The number of hydrogen-bond acceptors (Lipinski definition) is 4. The van der Waals surface area contributed by atoms with Crippen LogP contribution < -0.4 is 5.32 Å². The molecular weight excluding hydrogens is 270 g/mol. The number of thiophene rings is 1. The van der Waals surface area contributed by atoms with Gasteiger partial charge in [-0.05, 0) is 38.4 Å². The molecule has 4 nitrogen and oxygen atoms in total. The SMILES string of the molecule is CC(C)C1NC(c2cccs2)N(C(C)CN(C)C)C1=O. The van der Waals surface area contributed by atoms with E-state index in [2.05, 4.69) is 42.4 Å². The van der Waals surface area contributed by atoms with Gasteiger partial charge in [-0.1, -0.05) is 19.9 Å². The van der Waals surface area contributed by atoms with Crippen molar-refractivity contribution in [2.75, 3.05) is 20.6 Å². The fraction of sp³-hybridized carbons (Fsp3) is 0.667. The van der Waals surface area contributed by atoms with Gasteiger partial charge in [0.1, 0.15) is 6.17 Å². The molecule has 5 heteroatoms. The molecule has 3 atom stereocenters. The molecule has 2 heterocycles. The van der Waals surface area contributed by atoms with E-state index in [1.165, 1.54) is 4.88 Å². The van der Waals surface area contributed by atoms with Crippen LogP contribution in [0.2, 0.25) is 0 Å². The Bertz CT molecular complexity index is 444. The molecule has 1 amide bonds. The van der Waals surface area contributed by atoms with E-state index in [-0.39, 0.29) is 24.2 Å². The summed E-state index contributed by atoms with van der Waals surface area (Å²) in [5.74, 6) is 0.536. The van der Waals surface area contributed by atoms with Crippen LogP contribution in [0, 0.1) is 5.92 Å². The predicted molar refractivity (Wildman–Crippen MR) is 83.7 cm³/mol. The van der Waals surface area contributed by atoms with Gasteiger partial charge in [-0.25, -0.2) is 0 Å². The molecule has 0 spiro atoms. The van der Waals surface area contributed by atoms with Gasteiger partial charge in [0.2, 0.25) is 5.91 Å². The molecule has 0 aromatic carbocycles. The first-order chi connectivity index (χ1) is 9.41. The first-order valence-corrected chi connectivity index (χ1v) is 8.06. The number of carbonyl (C=O) groups excluding carboxylic acids is 1. The topological polar surface area (TPSA) is 35.6 Å². The lowest BCUT2D eigenvalue weighted by Gasteiger charge is -2.31. The van der Waals surface area contributed by atoms with Gasteiger partial charge in [0.25, 0.3) is 0 Å². The molecule has 0 bridgehead atoms. The van der Waals surface area contributed by atoms with E-state index in [0.29, 0.717) is 5.92 Å². The number of carbonyl (C=O) groups is 1. The third kappa shape index (κ3) is 3.05. The zero-order valence-electron chi connectivity index (χ0n) is 13.0. The van der Waals surface area contributed by atoms with Gasteiger partial charge < -0.3 is 9.80 Å². The number of hydrogen-bond donors (Lipinski definition) is 1. The van der Waals surface area contributed by atoms with Crippen molar-refractivity contribution in [3.63, 3.8) is 0 Å². The summed E-state index contributed by atoms with van der Waals surface area (Å²) < 4.78 is 0. The minimum atomic E-state index is -0.0771. The maximum atomic E-state index is 12.7. The second kappa shape index (κ2) is 6.24. The minimum absolute atomic E-state index is 0.0184. The summed E-state index contributed by atoms with van der Waals surface area (Å²) in [5.41, 5.74) is 0. The van der Waals surface area contributed by atoms with E-state index in [0.717, 1.165) is 6.54 Å². The standard InChI is InChI=1S/C15H25N3OS/c1-10(2)13-15(19)18(11(3)9-17(4)5)14(16-13)12-7-6-8-20-12/h6-8,10-11,13-14,16H,9H2,1-5H3.